The largest absolute Gasteiger partial charge is 0.416 e. The molecule has 1 aromatic heterocycles. The minimum atomic E-state index is -4.45. The van der Waals surface area contributed by atoms with E-state index in [2.05, 4.69) is 17.0 Å². The van der Waals surface area contributed by atoms with Gasteiger partial charge in [0.05, 0.1) is 11.1 Å². The first kappa shape index (κ1) is 23.0. The van der Waals surface area contributed by atoms with E-state index in [1.54, 1.807) is 36.6 Å². The number of aliphatic imine (C=N–C) groups is 1. The van der Waals surface area contributed by atoms with Crippen molar-refractivity contribution in [3.05, 3.63) is 58.4 Å². The number of nitrogens with one attached hydrogen (secondary N) is 1. The van der Waals surface area contributed by atoms with Gasteiger partial charge in [-0.15, -0.1) is 0 Å². The fourth-order valence-electron chi connectivity index (χ4n) is 3.77. The SMILES string of the molecule is CCCCC1=NN2C(=N)C(=Cc3cc(C)n(-c4cccc(C(F)(F)F)c4)c3C)C(=O)N=C2S1. The van der Waals surface area contributed by atoms with Gasteiger partial charge in [0, 0.05) is 17.1 Å². The van der Waals surface area contributed by atoms with Crippen molar-refractivity contribution in [3.63, 3.8) is 0 Å². The molecule has 4 rings (SSSR count). The van der Waals surface area contributed by atoms with E-state index in [1.165, 1.54) is 22.8 Å². The number of carbonyl (C=O) groups is 1. The summed E-state index contributed by atoms with van der Waals surface area (Å²) in [6, 6.07) is 6.86. The zero-order valence-corrected chi connectivity index (χ0v) is 19.1. The van der Waals surface area contributed by atoms with Gasteiger partial charge in [0.2, 0.25) is 5.17 Å². The minimum absolute atomic E-state index is 0.0622. The van der Waals surface area contributed by atoms with Crippen molar-refractivity contribution in [1.29, 1.82) is 5.41 Å². The second-order valence-electron chi connectivity index (χ2n) is 7.83. The Labute approximate surface area is 193 Å². The van der Waals surface area contributed by atoms with Gasteiger partial charge in [-0.2, -0.15) is 28.3 Å². The highest BCUT2D eigenvalue weighted by molar-refractivity contribution is 8.26. The van der Waals surface area contributed by atoms with Gasteiger partial charge in [0.15, 0.2) is 5.84 Å². The monoisotopic (exact) mass is 473 g/mol. The van der Waals surface area contributed by atoms with Crippen molar-refractivity contribution in [2.75, 3.05) is 0 Å². The maximum atomic E-state index is 13.2. The molecule has 1 N–H and O–H groups in total. The number of hydrogen-bond donors (Lipinski definition) is 1. The van der Waals surface area contributed by atoms with Gasteiger partial charge in [0.25, 0.3) is 5.91 Å². The number of amides is 1. The molecule has 0 bridgehead atoms. The van der Waals surface area contributed by atoms with E-state index in [0.717, 1.165) is 36.4 Å². The number of nitrogens with zero attached hydrogens (tertiary/aromatic N) is 4. The van der Waals surface area contributed by atoms with Crippen LogP contribution < -0.4 is 0 Å². The van der Waals surface area contributed by atoms with E-state index in [-0.39, 0.29) is 11.4 Å². The van der Waals surface area contributed by atoms with Gasteiger partial charge in [0.1, 0.15) is 5.04 Å². The van der Waals surface area contributed by atoms with E-state index in [4.69, 9.17) is 5.41 Å². The molecule has 0 saturated carbocycles. The fourth-order valence-corrected chi connectivity index (χ4v) is 4.70. The maximum absolute atomic E-state index is 13.2. The van der Waals surface area contributed by atoms with Crippen molar-refractivity contribution in [2.24, 2.45) is 10.1 Å². The summed E-state index contributed by atoms with van der Waals surface area (Å²) in [4.78, 5) is 16.8. The predicted octanol–water partition coefficient (Wildman–Crippen LogP) is 5.92. The predicted molar refractivity (Wildman–Crippen MR) is 125 cm³/mol. The molecule has 0 aliphatic carbocycles. The molecule has 10 heteroatoms. The average Bonchev–Trinajstić information content (AvgIpc) is 3.29. The number of aryl methyl sites for hydroxylation is 1. The van der Waals surface area contributed by atoms with Crippen LogP contribution in [-0.4, -0.2) is 31.5 Å². The second-order valence-corrected chi connectivity index (χ2v) is 8.87. The maximum Gasteiger partial charge on any atom is 0.416 e. The van der Waals surface area contributed by atoms with Gasteiger partial charge < -0.3 is 4.57 Å². The molecule has 0 unspecified atom stereocenters. The third-order valence-corrected chi connectivity index (χ3v) is 6.41. The number of benzene rings is 1. The molecular formula is C23H22F3N5OS. The summed E-state index contributed by atoms with van der Waals surface area (Å²) in [5.74, 6) is -0.595. The number of carbonyl (C=O) groups excluding carboxylic acids is 1. The number of alkyl halides is 3. The van der Waals surface area contributed by atoms with E-state index in [1.807, 2.05) is 0 Å². The first-order chi connectivity index (χ1) is 15.6. The Morgan fingerprint density at radius 3 is 2.67 bits per heavy atom. The summed E-state index contributed by atoms with van der Waals surface area (Å²) in [5.41, 5.74) is 1.70. The Bertz CT molecular complexity index is 1240. The molecule has 1 amide bonds. The molecule has 2 aliphatic heterocycles. The number of aromatic nitrogens is 1. The Kier molecular flexibility index (Phi) is 6.04. The zero-order chi connectivity index (χ0) is 23.9. The molecule has 0 radical (unpaired) electrons. The third kappa shape index (κ3) is 4.39. The van der Waals surface area contributed by atoms with Crippen LogP contribution in [0.2, 0.25) is 0 Å². The van der Waals surface area contributed by atoms with Crippen molar-refractivity contribution >= 4 is 39.8 Å². The Hall–Kier alpha value is -3.14. The lowest BCUT2D eigenvalue weighted by atomic mass is 10.1. The standard InChI is InChI=1S/C23H22F3N5OS/c1-4-5-9-19-29-31-20(27)18(21(32)28-22(31)33-19)11-15-10-13(2)30(14(15)3)17-8-6-7-16(12-17)23(24,25)26/h6-8,10-12,27H,4-5,9H2,1-3H3. The molecule has 6 nitrogen and oxygen atoms in total. The number of thioether (sulfide) groups is 1. The van der Waals surface area contributed by atoms with Crippen LogP contribution in [0.3, 0.4) is 0 Å². The van der Waals surface area contributed by atoms with E-state index >= 15 is 0 Å². The summed E-state index contributed by atoms with van der Waals surface area (Å²) in [6.45, 7) is 5.62. The van der Waals surface area contributed by atoms with Crippen LogP contribution in [0, 0.1) is 19.3 Å². The molecule has 0 atom stereocenters. The van der Waals surface area contributed by atoms with Crippen molar-refractivity contribution < 1.29 is 18.0 Å². The van der Waals surface area contributed by atoms with Crippen LogP contribution in [-0.2, 0) is 11.0 Å². The lowest BCUT2D eigenvalue weighted by Gasteiger charge is -2.20. The average molecular weight is 474 g/mol. The topological polar surface area (TPSA) is 73.8 Å². The second kappa shape index (κ2) is 8.66. The molecular weight excluding hydrogens is 451 g/mol. The summed E-state index contributed by atoms with van der Waals surface area (Å²) < 4.78 is 41.2. The van der Waals surface area contributed by atoms with E-state index in [9.17, 15) is 18.0 Å². The van der Waals surface area contributed by atoms with Crippen molar-refractivity contribution in [3.8, 4) is 5.69 Å². The fraction of sp³-hybridized carbons (Fsp3) is 0.304. The minimum Gasteiger partial charge on any atom is -0.318 e. The first-order valence-corrected chi connectivity index (χ1v) is 11.3. The van der Waals surface area contributed by atoms with Gasteiger partial charge in [-0.3, -0.25) is 10.2 Å². The number of rotatable bonds is 5. The van der Waals surface area contributed by atoms with Crippen LogP contribution in [0.1, 0.15) is 48.7 Å². The Balaban J connectivity index is 1.69. The number of hydrogen-bond acceptors (Lipinski definition) is 4. The van der Waals surface area contributed by atoms with Crippen LogP contribution in [0.4, 0.5) is 13.2 Å². The molecule has 0 spiro atoms. The molecule has 2 aliphatic rings. The normalized spacial score (nSPS) is 17.5. The molecule has 33 heavy (non-hydrogen) atoms. The van der Waals surface area contributed by atoms with Crippen molar-refractivity contribution in [2.45, 2.75) is 46.2 Å². The van der Waals surface area contributed by atoms with E-state index < -0.39 is 17.6 Å². The van der Waals surface area contributed by atoms with Gasteiger partial charge >= 0.3 is 6.18 Å². The number of fused-ring (bicyclic) bond motifs is 1. The molecule has 0 saturated heterocycles. The van der Waals surface area contributed by atoms with Gasteiger partial charge in [-0.1, -0.05) is 19.4 Å². The number of hydrazone groups is 1. The summed E-state index contributed by atoms with van der Waals surface area (Å²) in [6.07, 6.45) is -0.163. The van der Waals surface area contributed by atoms with Gasteiger partial charge in [-0.05, 0) is 74.4 Å². The lowest BCUT2D eigenvalue weighted by molar-refractivity contribution is -0.137. The van der Waals surface area contributed by atoms with Gasteiger partial charge in [-0.25, -0.2) is 0 Å². The Morgan fingerprint density at radius 1 is 1.21 bits per heavy atom. The van der Waals surface area contributed by atoms with Crippen LogP contribution in [0.15, 0.2) is 46.0 Å². The summed E-state index contributed by atoms with van der Waals surface area (Å²) >= 11 is 1.30. The van der Waals surface area contributed by atoms with E-state index in [0.29, 0.717) is 27.8 Å². The first-order valence-electron chi connectivity index (χ1n) is 10.5. The number of unbranched alkanes of at least 4 members (excludes halogenated alkanes) is 1. The quantitative estimate of drug-likeness (QED) is 0.548. The summed E-state index contributed by atoms with van der Waals surface area (Å²) in [7, 11) is 0. The lowest BCUT2D eigenvalue weighted by Crippen LogP contribution is -2.35. The molecule has 0 fully saturated rings. The zero-order valence-electron chi connectivity index (χ0n) is 18.3. The Morgan fingerprint density at radius 2 is 1.97 bits per heavy atom. The smallest absolute Gasteiger partial charge is 0.318 e. The van der Waals surface area contributed by atoms with Crippen LogP contribution in [0.5, 0.6) is 0 Å². The number of halogens is 3. The highest BCUT2D eigenvalue weighted by atomic mass is 32.2. The molecule has 3 heterocycles. The highest BCUT2D eigenvalue weighted by Crippen LogP contribution is 2.33. The molecule has 172 valence electrons. The van der Waals surface area contributed by atoms with Crippen LogP contribution in [0.25, 0.3) is 11.8 Å². The van der Waals surface area contributed by atoms with Crippen molar-refractivity contribution in [1.82, 2.24) is 9.58 Å². The molecule has 1 aromatic carbocycles. The highest BCUT2D eigenvalue weighted by Gasteiger charge is 2.35. The summed E-state index contributed by atoms with van der Waals surface area (Å²) in [5, 5.41) is 15.5. The molecule has 2 aromatic rings. The number of amidine groups is 2. The third-order valence-electron chi connectivity index (χ3n) is 5.44. The van der Waals surface area contributed by atoms with Crippen LogP contribution >= 0.6 is 11.8 Å².